The van der Waals surface area contributed by atoms with E-state index in [1.807, 2.05) is 60.7 Å². The largest absolute Gasteiger partial charge is 0.381 e. The second kappa shape index (κ2) is 8.47. The van der Waals surface area contributed by atoms with E-state index in [1.165, 1.54) is 0 Å². The van der Waals surface area contributed by atoms with Crippen molar-refractivity contribution in [3.05, 3.63) is 71.8 Å². The highest BCUT2D eigenvalue weighted by Crippen LogP contribution is 2.27. The van der Waals surface area contributed by atoms with Gasteiger partial charge in [0.1, 0.15) is 0 Å². The van der Waals surface area contributed by atoms with Gasteiger partial charge in [0, 0.05) is 25.3 Å². The molecule has 1 amide bonds. The average Bonchev–Trinajstić information content (AvgIpc) is 2.69. The lowest BCUT2D eigenvalue weighted by atomic mass is 9.87. The number of hydrogen-bond donors (Lipinski definition) is 1. The first kappa shape index (κ1) is 18.6. The molecule has 1 aliphatic rings. The number of ether oxygens (including phenoxy) is 1. The van der Waals surface area contributed by atoms with E-state index in [4.69, 9.17) is 4.74 Å². The van der Waals surface area contributed by atoms with E-state index in [-0.39, 0.29) is 17.4 Å². The number of hydrogen-bond acceptors (Lipinski definition) is 3. The SMILES string of the molecule is CN(C)C1(CNC(=O)C(c2ccccc2)c2ccccc2)CCOCC1. The molecule has 1 saturated heterocycles. The fraction of sp³-hybridized carbons (Fsp3) is 0.409. The van der Waals surface area contributed by atoms with Crippen molar-refractivity contribution in [2.45, 2.75) is 24.3 Å². The number of benzene rings is 2. The second-order valence-electron chi connectivity index (χ2n) is 7.20. The first-order valence-electron chi connectivity index (χ1n) is 9.25. The summed E-state index contributed by atoms with van der Waals surface area (Å²) in [5.41, 5.74) is 2.00. The van der Waals surface area contributed by atoms with Crippen LogP contribution in [0.4, 0.5) is 0 Å². The van der Waals surface area contributed by atoms with Gasteiger partial charge in [-0.1, -0.05) is 60.7 Å². The Labute approximate surface area is 156 Å². The standard InChI is InChI=1S/C22H28N2O2/c1-24(2)22(13-15-26-16-14-22)17-23-21(25)20(18-9-5-3-6-10-18)19-11-7-4-8-12-19/h3-12,20H,13-17H2,1-2H3,(H,23,25). The summed E-state index contributed by atoms with van der Waals surface area (Å²) < 4.78 is 5.53. The van der Waals surface area contributed by atoms with Gasteiger partial charge >= 0.3 is 0 Å². The molecule has 138 valence electrons. The third-order valence-corrected chi connectivity index (χ3v) is 5.49. The first-order chi connectivity index (χ1) is 12.6. The maximum atomic E-state index is 13.2. The van der Waals surface area contributed by atoms with Crippen LogP contribution < -0.4 is 5.32 Å². The molecular weight excluding hydrogens is 324 g/mol. The van der Waals surface area contributed by atoms with Gasteiger partial charge in [0.15, 0.2) is 0 Å². The minimum atomic E-state index is -0.295. The summed E-state index contributed by atoms with van der Waals surface area (Å²) in [6.07, 6.45) is 1.86. The maximum Gasteiger partial charge on any atom is 0.232 e. The zero-order chi connectivity index (χ0) is 18.4. The number of rotatable bonds is 6. The predicted molar refractivity (Wildman–Crippen MR) is 104 cm³/mol. The molecular formula is C22H28N2O2. The van der Waals surface area contributed by atoms with E-state index in [9.17, 15) is 4.79 Å². The van der Waals surface area contributed by atoms with Crippen LogP contribution in [0, 0.1) is 0 Å². The molecule has 1 aliphatic heterocycles. The van der Waals surface area contributed by atoms with Crippen LogP contribution >= 0.6 is 0 Å². The van der Waals surface area contributed by atoms with Crippen molar-refractivity contribution >= 4 is 5.91 Å². The van der Waals surface area contributed by atoms with Crippen LogP contribution in [0.1, 0.15) is 29.9 Å². The molecule has 0 atom stereocenters. The van der Waals surface area contributed by atoms with Crippen LogP contribution in [-0.4, -0.2) is 50.2 Å². The van der Waals surface area contributed by atoms with Gasteiger partial charge in [0.25, 0.3) is 0 Å². The van der Waals surface area contributed by atoms with E-state index in [0.29, 0.717) is 6.54 Å². The van der Waals surface area contributed by atoms with Gasteiger partial charge in [-0.2, -0.15) is 0 Å². The van der Waals surface area contributed by atoms with Crippen LogP contribution in [0.15, 0.2) is 60.7 Å². The molecule has 4 nitrogen and oxygen atoms in total. The van der Waals surface area contributed by atoms with Crippen molar-refractivity contribution in [2.75, 3.05) is 33.9 Å². The van der Waals surface area contributed by atoms with E-state index in [0.717, 1.165) is 37.2 Å². The summed E-state index contributed by atoms with van der Waals surface area (Å²) in [4.78, 5) is 15.4. The average molecular weight is 352 g/mol. The Morgan fingerprint density at radius 2 is 1.50 bits per heavy atom. The normalized spacial score (nSPS) is 16.6. The minimum absolute atomic E-state index is 0.0359. The Morgan fingerprint density at radius 1 is 1.00 bits per heavy atom. The lowest BCUT2D eigenvalue weighted by molar-refractivity contribution is -0.122. The topological polar surface area (TPSA) is 41.6 Å². The quantitative estimate of drug-likeness (QED) is 0.869. The summed E-state index contributed by atoms with van der Waals surface area (Å²) in [5, 5.41) is 3.24. The molecule has 0 aliphatic carbocycles. The molecule has 0 aromatic heterocycles. The maximum absolute atomic E-state index is 13.2. The Hall–Kier alpha value is -2.17. The number of nitrogens with one attached hydrogen (secondary N) is 1. The third kappa shape index (κ3) is 4.14. The summed E-state index contributed by atoms with van der Waals surface area (Å²) in [5.74, 6) is -0.244. The van der Waals surface area contributed by atoms with Crippen molar-refractivity contribution < 1.29 is 9.53 Å². The molecule has 3 rings (SSSR count). The van der Waals surface area contributed by atoms with Gasteiger partial charge in [-0.25, -0.2) is 0 Å². The summed E-state index contributed by atoms with van der Waals surface area (Å²) in [7, 11) is 4.17. The molecule has 2 aromatic carbocycles. The van der Waals surface area contributed by atoms with Crippen molar-refractivity contribution in [3.8, 4) is 0 Å². The lowest BCUT2D eigenvalue weighted by Crippen LogP contribution is -2.56. The van der Waals surface area contributed by atoms with Gasteiger partial charge in [0.2, 0.25) is 5.91 Å². The van der Waals surface area contributed by atoms with Crippen molar-refractivity contribution in [1.82, 2.24) is 10.2 Å². The van der Waals surface area contributed by atoms with Gasteiger partial charge in [0.05, 0.1) is 5.92 Å². The van der Waals surface area contributed by atoms with Gasteiger partial charge in [-0.05, 0) is 38.1 Å². The third-order valence-electron chi connectivity index (χ3n) is 5.49. The highest BCUT2D eigenvalue weighted by Gasteiger charge is 2.36. The Morgan fingerprint density at radius 3 is 1.96 bits per heavy atom. The first-order valence-corrected chi connectivity index (χ1v) is 9.25. The van der Waals surface area contributed by atoms with Gasteiger partial charge < -0.3 is 15.0 Å². The molecule has 0 radical (unpaired) electrons. The zero-order valence-electron chi connectivity index (χ0n) is 15.7. The molecule has 0 saturated carbocycles. The molecule has 4 heteroatoms. The fourth-order valence-electron chi connectivity index (χ4n) is 3.67. The number of amides is 1. The Balaban J connectivity index is 1.80. The van der Waals surface area contributed by atoms with E-state index >= 15 is 0 Å². The summed E-state index contributed by atoms with van der Waals surface area (Å²) >= 11 is 0. The fourth-order valence-corrected chi connectivity index (χ4v) is 3.67. The molecule has 0 bridgehead atoms. The number of nitrogens with zero attached hydrogens (tertiary/aromatic N) is 1. The van der Waals surface area contributed by atoms with Gasteiger partial charge in [-0.3, -0.25) is 4.79 Å². The molecule has 0 unspecified atom stereocenters. The summed E-state index contributed by atoms with van der Waals surface area (Å²) in [6.45, 7) is 2.13. The molecule has 1 fully saturated rings. The number of likely N-dealkylation sites (N-methyl/N-ethyl adjacent to an activating group) is 1. The van der Waals surface area contributed by atoms with Gasteiger partial charge in [-0.15, -0.1) is 0 Å². The Kier molecular flexibility index (Phi) is 6.07. The summed E-state index contributed by atoms with van der Waals surface area (Å²) in [6, 6.07) is 20.0. The molecule has 0 spiro atoms. The van der Waals surface area contributed by atoms with Crippen molar-refractivity contribution in [1.29, 1.82) is 0 Å². The van der Waals surface area contributed by atoms with Crippen LogP contribution in [0.3, 0.4) is 0 Å². The second-order valence-corrected chi connectivity index (χ2v) is 7.20. The van der Waals surface area contributed by atoms with Crippen LogP contribution in [-0.2, 0) is 9.53 Å². The Bertz CT molecular complexity index is 655. The molecule has 26 heavy (non-hydrogen) atoms. The van der Waals surface area contributed by atoms with E-state index < -0.39 is 0 Å². The van der Waals surface area contributed by atoms with Crippen molar-refractivity contribution in [3.63, 3.8) is 0 Å². The smallest absolute Gasteiger partial charge is 0.232 e. The lowest BCUT2D eigenvalue weighted by Gasteiger charge is -2.43. The number of carbonyl (C=O) groups excluding carboxylic acids is 1. The van der Waals surface area contributed by atoms with Crippen LogP contribution in [0.25, 0.3) is 0 Å². The van der Waals surface area contributed by atoms with E-state index in [2.05, 4.69) is 24.3 Å². The molecule has 1 heterocycles. The van der Waals surface area contributed by atoms with Crippen molar-refractivity contribution in [2.24, 2.45) is 0 Å². The number of carbonyl (C=O) groups is 1. The highest BCUT2D eigenvalue weighted by molar-refractivity contribution is 5.87. The predicted octanol–water partition coefficient (Wildman–Crippen LogP) is 3.05. The van der Waals surface area contributed by atoms with Crippen LogP contribution in [0.2, 0.25) is 0 Å². The monoisotopic (exact) mass is 352 g/mol. The minimum Gasteiger partial charge on any atom is -0.381 e. The highest BCUT2D eigenvalue weighted by atomic mass is 16.5. The molecule has 2 aromatic rings. The van der Waals surface area contributed by atoms with E-state index in [1.54, 1.807) is 0 Å². The molecule has 1 N–H and O–H groups in total. The van der Waals surface area contributed by atoms with Crippen LogP contribution in [0.5, 0.6) is 0 Å². The zero-order valence-corrected chi connectivity index (χ0v) is 15.7.